The third kappa shape index (κ3) is 5.09. The molecule has 72 valence electrons. The van der Waals surface area contributed by atoms with Crippen molar-refractivity contribution in [3.05, 3.63) is 0 Å². The molecule has 1 unspecified atom stereocenters. The van der Waals surface area contributed by atoms with Crippen LogP contribution in [0, 0.1) is 0 Å². The van der Waals surface area contributed by atoms with Crippen LogP contribution < -0.4 is 5.32 Å². The van der Waals surface area contributed by atoms with Gasteiger partial charge in [-0.2, -0.15) is 8.42 Å². The molecular formula is C6H13NO4S. The van der Waals surface area contributed by atoms with Gasteiger partial charge in [-0.05, 0) is 13.3 Å². The summed E-state index contributed by atoms with van der Waals surface area (Å²) in [5, 5.41) is 1.60. The molecule has 0 saturated heterocycles. The van der Waals surface area contributed by atoms with Gasteiger partial charge >= 0.3 is 0 Å². The van der Waals surface area contributed by atoms with Crippen molar-refractivity contribution in [1.82, 2.24) is 5.32 Å². The standard InChI is InChI=1S/C6H13NO4S/c1-5(12(9,10)11)3-4-7-6(2)8/h5H,3-4H2,1-2H3,(H,7,8)(H,9,10,11). The van der Waals surface area contributed by atoms with E-state index in [-0.39, 0.29) is 18.9 Å². The minimum absolute atomic E-state index is 0.211. The average molecular weight is 195 g/mol. The summed E-state index contributed by atoms with van der Waals surface area (Å²) in [6.45, 7) is 2.99. The van der Waals surface area contributed by atoms with Crippen LogP contribution in [0.15, 0.2) is 0 Å². The van der Waals surface area contributed by atoms with Gasteiger partial charge in [-0.3, -0.25) is 9.35 Å². The zero-order valence-electron chi connectivity index (χ0n) is 7.07. The molecule has 0 saturated carbocycles. The number of nitrogens with one attached hydrogen (secondary N) is 1. The summed E-state index contributed by atoms with van der Waals surface area (Å²) >= 11 is 0. The fourth-order valence-electron chi connectivity index (χ4n) is 0.600. The Morgan fingerprint density at radius 3 is 2.42 bits per heavy atom. The number of amides is 1. The first-order valence-electron chi connectivity index (χ1n) is 3.54. The van der Waals surface area contributed by atoms with Gasteiger partial charge in [0.05, 0.1) is 5.25 Å². The molecule has 0 spiro atoms. The summed E-state index contributed by atoms with van der Waals surface area (Å²) in [5.74, 6) is -0.211. The van der Waals surface area contributed by atoms with Crippen LogP contribution in [0.25, 0.3) is 0 Å². The van der Waals surface area contributed by atoms with Crippen LogP contribution in [0.3, 0.4) is 0 Å². The quantitative estimate of drug-likeness (QED) is 0.608. The van der Waals surface area contributed by atoms with E-state index in [0.717, 1.165) is 0 Å². The van der Waals surface area contributed by atoms with E-state index in [1.807, 2.05) is 0 Å². The smallest absolute Gasteiger partial charge is 0.267 e. The van der Waals surface area contributed by atoms with Crippen molar-refractivity contribution in [2.24, 2.45) is 0 Å². The lowest BCUT2D eigenvalue weighted by atomic mass is 10.3. The van der Waals surface area contributed by atoms with Gasteiger partial charge in [-0.1, -0.05) is 0 Å². The summed E-state index contributed by atoms with van der Waals surface area (Å²) in [7, 11) is -3.95. The highest BCUT2D eigenvalue weighted by Gasteiger charge is 2.16. The van der Waals surface area contributed by atoms with E-state index < -0.39 is 15.4 Å². The maximum Gasteiger partial charge on any atom is 0.267 e. The Morgan fingerprint density at radius 2 is 2.08 bits per heavy atom. The van der Waals surface area contributed by atoms with E-state index in [1.54, 1.807) is 0 Å². The zero-order chi connectivity index (χ0) is 9.78. The molecule has 1 atom stereocenters. The molecule has 0 fully saturated rings. The summed E-state index contributed by atoms with van der Waals surface area (Å²) in [4.78, 5) is 10.4. The Hall–Kier alpha value is -0.620. The topological polar surface area (TPSA) is 83.5 Å². The molecule has 0 bridgehead atoms. The monoisotopic (exact) mass is 195 g/mol. The highest BCUT2D eigenvalue weighted by atomic mass is 32.2. The summed E-state index contributed by atoms with van der Waals surface area (Å²) in [6, 6.07) is 0. The SMILES string of the molecule is CC(=O)NCCC(C)S(=O)(=O)O. The zero-order valence-corrected chi connectivity index (χ0v) is 7.89. The van der Waals surface area contributed by atoms with Crippen LogP contribution in [0.4, 0.5) is 0 Å². The van der Waals surface area contributed by atoms with Gasteiger partial charge in [-0.25, -0.2) is 0 Å². The molecule has 6 heteroatoms. The molecule has 0 aromatic heterocycles. The second kappa shape index (κ2) is 4.42. The second-order valence-electron chi connectivity index (χ2n) is 2.60. The molecule has 0 radical (unpaired) electrons. The van der Waals surface area contributed by atoms with Gasteiger partial charge in [0.2, 0.25) is 5.91 Å². The lowest BCUT2D eigenvalue weighted by Gasteiger charge is -2.07. The molecule has 0 aliphatic rings. The van der Waals surface area contributed by atoms with Gasteiger partial charge in [0, 0.05) is 13.5 Å². The van der Waals surface area contributed by atoms with E-state index in [4.69, 9.17) is 4.55 Å². The fourth-order valence-corrected chi connectivity index (χ4v) is 1.02. The Morgan fingerprint density at radius 1 is 1.58 bits per heavy atom. The van der Waals surface area contributed by atoms with Crippen molar-refractivity contribution in [2.45, 2.75) is 25.5 Å². The lowest BCUT2D eigenvalue weighted by molar-refractivity contribution is -0.118. The second-order valence-corrected chi connectivity index (χ2v) is 4.43. The molecule has 2 N–H and O–H groups in total. The number of hydrogen-bond acceptors (Lipinski definition) is 3. The largest absolute Gasteiger partial charge is 0.356 e. The van der Waals surface area contributed by atoms with Gasteiger partial charge in [-0.15, -0.1) is 0 Å². The highest BCUT2D eigenvalue weighted by Crippen LogP contribution is 2.00. The number of rotatable bonds is 4. The van der Waals surface area contributed by atoms with E-state index >= 15 is 0 Å². The molecule has 0 rings (SSSR count). The first-order chi connectivity index (χ1) is 5.34. The number of carbonyl (C=O) groups is 1. The number of hydrogen-bond donors (Lipinski definition) is 2. The number of carbonyl (C=O) groups excluding carboxylic acids is 1. The van der Waals surface area contributed by atoms with Gasteiger partial charge in [0.15, 0.2) is 0 Å². The lowest BCUT2D eigenvalue weighted by Crippen LogP contribution is -2.26. The van der Waals surface area contributed by atoms with Crippen LogP contribution in [0.2, 0.25) is 0 Å². The molecule has 0 aromatic rings. The van der Waals surface area contributed by atoms with E-state index in [9.17, 15) is 13.2 Å². The van der Waals surface area contributed by atoms with Crippen molar-refractivity contribution in [1.29, 1.82) is 0 Å². The van der Waals surface area contributed by atoms with Crippen LogP contribution in [-0.2, 0) is 14.9 Å². The summed E-state index contributed by atoms with van der Waals surface area (Å²) < 4.78 is 29.4. The van der Waals surface area contributed by atoms with Crippen LogP contribution in [-0.4, -0.2) is 30.7 Å². The Kier molecular flexibility index (Phi) is 4.19. The van der Waals surface area contributed by atoms with E-state index in [2.05, 4.69) is 5.32 Å². The Bertz CT molecular complexity index is 246. The van der Waals surface area contributed by atoms with E-state index in [1.165, 1.54) is 13.8 Å². The molecule has 0 aliphatic carbocycles. The van der Waals surface area contributed by atoms with Crippen LogP contribution in [0.5, 0.6) is 0 Å². The van der Waals surface area contributed by atoms with Crippen molar-refractivity contribution >= 4 is 16.0 Å². The summed E-state index contributed by atoms with van der Waals surface area (Å²) in [5.41, 5.74) is 0. The molecule has 0 aliphatic heterocycles. The molecular weight excluding hydrogens is 182 g/mol. The molecule has 1 amide bonds. The fraction of sp³-hybridized carbons (Fsp3) is 0.833. The molecule has 0 aromatic carbocycles. The predicted molar refractivity (Wildman–Crippen MR) is 44.3 cm³/mol. The van der Waals surface area contributed by atoms with Crippen LogP contribution in [0.1, 0.15) is 20.3 Å². The Balaban J connectivity index is 3.73. The third-order valence-corrected chi connectivity index (χ3v) is 2.69. The summed E-state index contributed by atoms with van der Waals surface area (Å²) in [6.07, 6.45) is 0.221. The van der Waals surface area contributed by atoms with Gasteiger partial charge in [0.25, 0.3) is 10.1 Å². The minimum Gasteiger partial charge on any atom is -0.356 e. The van der Waals surface area contributed by atoms with Crippen molar-refractivity contribution in [3.63, 3.8) is 0 Å². The maximum atomic E-state index is 10.4. The first-order valence-corrected chi connectivity index (χ1v) is 5.05. The molecule has 0 heterocycles. The van der Waals surface area contributed by atoms with E-state index in [0.29, 0.717) is 0 Å². The maximum absolute atomic E-state index is 10.4. The van der Waals surface area contributed by atoms with Gasteiger partial charge < -0.3 is 5.32 Å². The average Bonchev–Trinajstić information content (AvgIpc) is 1.84. The van der Waals surface area contributed by atoms with Crippen molar-refractivity contribution in [2.75, 3.05) is 6.54 Å². The predicted octanol–water partition coefficient (Wildman–Crippen LogP) is -0.211. The molecule has 5 nitrogen and oxygen atoms in total. The van der Waals surface area contributed by atoms with Crippen molar-refractivity contribution in [3.8, 4) is 0 Å². The highest BCUT2D eigenvalue weighted by molar-refractivity contribution is 7.86. The minimum atomic E-state index is -3.95. The normalized spacial score (nSPS) is 13.9. The Labute approximate surface area is 71.9 Å². The first kappa shape index (κ1) is 11.4. The van der Waals surface area contributed by atoms with Crippen molar-refractivity contribution < 1.29 is 17.8 Å². The molecule has 12 heavy (non-hydrogen) atoms. The van der Waals surface area contributed by atoms with Gasteiger partial charge in [0.1, 0.15) is 0 Å². The van der Waals surface area contributed by atoms with Crippen LogP contribution >= 0.6 is 0 Å². The third-order valence-electron chi connectivity index (χ3n) is 1.43.